The second-order valence-electron chi connectivity index (χ2n) is 10.1. The molecule has 0 amide bonds. The van der Waals surface area contributed by atoms with E-state index >= 15 is 0 Å². The zero-order valence-corrected chi connectivity index (χ0v) is 23.4. The normalized spacial score (nSPS) is 11.9. The summed E-state index contributed by atoms with van der Waals surface area (Å²) in [5.74, 6) is 1.71. The molecule has 0 bridgehead atoms. The lowest BCUT2D eigenvalue weighted by molar-refractivity contribution is -0.151. The number of benzene rings is 2. The Balaban J connectivity index is 1.47. The zero-order chi connectivity index (χ0) is 26.6. The summed E-state index contributed by atoms with van der Waals surface area (Å²) in [5, 5.41) is 3.83. The molecular weight excluding hydrogens is 464 g/mol. The molecule has 0 aliphatic carbocycles. The Labute approximate surface area is 223 Å². The van der Waals surface area contributed by atoms with Gasteiger partial charge in [0.05, 0.1) is 13.2 Å². The predicted octanol–water partition coefficient (Wildman–Crippen LogP) is 5.24. The molecule has 1 aromatic heterocycles. The third kappa shape index (κ3) is 10.4. The SMILES string of the molecule is CN(C)CCCN(C)OCc1ccc(-c2ccc(-c3ccc(CON(C)CCCN(C)C)cc3)o2)cc1. The standard InChI is InChI=1S/C30H44N4O3/c1-31(2)19-7-21-33(5)35-23-25-9-13-27(14-10-25)29-17-18-30(37-29)28-15-11-26(12-16-28)24-36-34(6)22-8-20-32(3)4/h9-18H,7-8,19-24H2,1-6H3. The molecule has 37 heavy (non-hydrogen) atoms. The smallest absolute Gasteiger partial charge is 0.134 e. The monoisotopic (exact) mass is 508 g/mol. The summed E-state index contributed by atoms with van der Waals surface area (Å²) in [6.07, 6.45) is 2.16. The van der Waals surface area contributed by atoms with Gasteiger partial charge in [-0.15, -0.1) is 0 Å². The molecule has 7 heteroatoms. The molecule has 3 aromatic rings. The number of nitrogens with zero attached hydrogens (tertiary/aromatic N) is 4. The molecule has 0 saturated carbocycles. The second-order valence-corrected chi connectivity index (χ2v) is 10.1. The van der Waals surface area contributed by atoms with Crippen LogP contribution in [0.4, 0.5) is 0 Å². The van der Waals surface area contributed by atoms with E-state index < -0.39 is 0 Å². The number of rotatable bonds is 16. The highest BCUT2D eigenvalue weighted by Crippen LogP contribution is 2.29. The largest absolute Gasteiger partial charge is 0.456 e. The van der Waals surface area contributed by atoms with Gasteiger partial charge in [-0.25, -0.2) is 0 Å². The average Bonchev–Trinajstić information content (AvgIpc) is 3.37. The number of hydrogen-bond donors (Lipinski definition) is 0. The molecule has 3 rings (SSSR count). The van der Waals surface area contributed by atoms with Crippen molar-refractivity contribution in [1.82, 2.24) is 19.9 Å². The van der Waals surface area contributed by atoms with Crippen LogP contribution < -0.4 is 0 Å². The third-order valence-electron chi connectivity index (χ3n) is 6.14. The number of hydroxylamine groups is 4. The minimum Gasteiger partial charge on any atom is -0.456 e. The average molecular weight is 509 g/mol. The molecule has 0 aliphatic rings. The Bertz CT molecular complexity index is 950. The molecule has 2 aromatic carbocycles. The summed E-state index contributed by atoms with van der Waals surface area (Å²) in [7, 11) is 12.3. The van der Waals surface area contributed by atoms with Crippen LogP contribution in [0.3, 0.4) is 0 Å². The molecule has 0 fully saturated rings. The molecule has 1 heterocycles. The first-order valence-electron chi connectivity index (χ1n) is 13.1. The quantitative estimate of drug-likeness (QED) is 0.245. The van der Waals surface area contributed by atoms with E-state index in [4.69, 9.17) is 14.1 Å². The van der Waals surface area contributed by atoms with Crippen molar-refractivity contribution >= 4 is 0 Å². The van der Waals surface area contributed by atoms with E-state index in [-0.39, 0.29) is 0 Å². The van der Waals surface area contributed by atoms with Crippen LogP contribution in [0.2, 0.25) is 0 Å². The van der Waals surface area contributed by atoms with Crippen LogP contribution in [-0.2, 0) is 22.9 Å². The highest BCUT2D eigenvalue weighted by Gasteiger charge is 2.09. The lowest BCUT2D eigenvalue weighted by atomic mass is 10.1. The minimum absolute atomic E-state index is 0.560. The van der Waals surface area contributed by atoms with Crippen molar-refractivity contribution < 1.29 is 14.1 Å². The second kappa shape index (κ2) is 15.0. The van der Waals surface area contributed by atoms with E-state index in [9.17, 15) is 0 Å². The topological polar surface area (TPSA) is 44.6 Å². The summed E-state index contributed by atoms with van der Waals surface area (Å²) < 4.78 is 6.17. The maximum Gasteiger partial charge on any atom is 0.134 e. The maximum absolute atomic E-state index is 6.17. The summed E-state index contributed by atoms with van der Waals surface area (Å²) in [4.78, 5) is 16.1. The van der Waals surface area contributed by atoms with Crippen molar-refractivity contribution in [2.45, 2.75) is 26.1 Å². The molecule has 7 nitrogen and oxygen atoms in total. The molecule has 0 unspecified atom stereocenters. The van der Waals surface area contributed by atoms with Crippen LogP contribution in [0.25, 0.3) is 22.6 Å². The van der Waals surface area contributed by atoms with Gasteiger partial charge in [0.25, 0.3) is 0 Å². The fourth-order valence-corrected chi connectivity index (χ4v) is 3.90. The third-order valence-corrected chi connectivity index (χ3v) is 6.14. The van der Waals surface area contributed by atoms with Crippen LogP contribution in [0.5, 0.6) is 0 Å². The number of furan rings is 1. The first kappa shape index (κ1) is 29.0. The maximum atomic E-state index is 6.17. The molecule has 0 spiro atoms. The molecule has 0 atom stereocenters. The van der Waals surface area contributed by atoms with Gasteiger partial charge in [0.1, 0.15) is 11.5 Å². The van der Waals surface area contributed by atoms with Gasteiger partial charge in [-0.1, -0.05) is 48.5 Å². The van der Waals surface area contributed by atoms with E-state index in [1.54, 1.807) is 0 Å². The lowest BCUT2D eigenvalue weighted by Crippen LogP contribution is -2.24. The summed E-state index contributed by atoms with van der Waals surface area (Å²) in [6.45, 7) is 5.05. The van der Waals surface area contributed by atoms with E-state index in [0.717, 1.165) is 72.8 Å². The Morgan fingerprint density at radius 3 is 1.24 bits per heavy atom. The molecule has 0 radical (unpaired) electrons. The van der Waals surface area contributed by atoms with Crippen molar-refractivity contribution in [3.8, 4) is 22.6 Å². The van der Waals surface area contributed by atoms with Gasteiger partial charge in [-0.05, 0) is 77.4 Å². The first-order chi connectivity index (χ1) is 17.8. The highest BCUT2D eigenvalue weighted by molar-refractivity contribution is 5.65. The Kier molecular flexibility index (Phi) is 11.8. The van der Waals surface area contributed by atoms with E-state index in [2.05, 4.69) is 86.5 Å². The van der Waals surface area contributed by atoms with Crippen LogP contribution in [0.1, 0.15) is 24.0 Å². The Hall–Kier alpha value is -2.52. The fraction of sp³-hybridized carbons (Fsp3) is 0.467. The van der Waals surface area contributed by atoms with Gasteiger partial charge in [0.15, 0.2) is 0 Å². The van der Waals surface area contributed by atoms with Crippen molar-refractivity contribution in [1.29, 1.82) is 0 Å². The molecule has 202 valence electrons. The van der Waals surface area contributed by atoms with Gasteiger partial charge >= 0.3 is 0 Å². The Morgan fingerprint density at radius 2 is 0.892 bits per heavy atom. The molecule has 0 saturated heterocycles. The van der Waals surface area contributed by atoms with Gasteiger partial charge in [0.2, 0.25) is 0 Å². The van der Waals surface area contributed by atoms with Gasteiger partial charge < -0.3 is 14.2 Å². The Morgan fingerprint density at radius 1 is 0.514 bits per heavy atom. The zero-order valence-electron chi connectivity index (χ0n) is 23.4. The summed E-state index contributed by atoms with van der Waals surface area (Å²) >= 11 is 0. The van der Waals surface area contributed by atoms with E-state index in [1.165, 1.54) is 0 Å². The van der Waals surface area contributed by atoms with Gasteiger partial charge in [-0.2, -0.15) is 10.1 Å². The van der Waals surface area contributed by atoms with E-state index in [1.807, 2.05) is 36.4 Å². The van der Waals surface area contributed by atoms with Crippen LogP contribution in [0, 0.1) is 0 Å². The lowest BCUT2D eigenvalue weighted by Gasteiger charge is -2.18. The molecule has 0 aliphatic heterocycles. The molecule has 0 N–H and O–H groups in total. The summed E-state index contributed by atoms with van der Waals surface area (Å²) in [5.41, 5.74) is 4.38. The minimum atomic E-state index is 0.560. The van der Waals surface area contributed by atoms with Gasteiger partial charge in [0, 0.05) is 38.3 Å². The number of hydrogen-bond acceptors (Lipinski definition) is 7. The highest BCUT2D eigenvalue weighted by atomic mass is 16.7. The van der Waals surface area contributed by atoms with Crippen LogP contribution >= 0.6 is 0 Å². The first-order valence-corrected chi connectivity index (χ1v) is 13.1. The fourth-order valence-electron chi connectivity index (χ4n) is 3.90. The summed E-state index contributed by atoms with van der Waals surface area (Å²) in [6, 6.07) is 20.8. The van der Waals surface area contributed by atoms with Crippen LogP contribution in [0.15, 0.2) is 65.1 Å². The van der Waals surface area contributed by atoms with Crippen molar-refractivity contribution in [2.75, 3.05) is 68.5 Å². The van der Waals surface area contributed by atoms with Crippen molar-refractivity contribution in [3.05, 3.63) is 71.8 Å². The van der Waals surface area contributed by atoms with E-state index in [0.29, 0.717) is 13.2 Å². The predicted molar refractivity (Wildman–Crippen MR) is 151 cm³/mol. The van der Waals surface area contributed by atoms with Gasteiger partial charge in [-0.3, -0.25) is 9.68 Å². The van der Waals surface area contributed by atoms with Crippen molar-refractivity contribution in [3.63, 3.8) is 0 Å². The van der Waals surface area contributed by atoms with Crippen molar-refractivity contribution in [2.24, 2.45) is 0 Å². The van der Waals surface area contributed by atoms with Crippen LogP contribution in [-0.4, -0.2) is 88.4 Å². The molecular formula is C30H44N4O3.